The maximum Gasteiger partial charge on any atom is 0.271 e. The number of hydrogen-bond donors (Lipinski definition) is 2. The number of fused-ring (bicyclic) bond motifs is 1. The van der Waals surface area contributed by atoms with Crippen LogP contribution in [0.2, 0.25) is 0 Å². The van der Waals surface area contributed by atoms with Gasteiger partial charge in [-0.25, -0.2) is 14.8 Å². The van der Waals surface area contributed by atoms with Gasteiger partial charge in [-0.15, -0.1) is 0 Å². The molecular formula is C21H15FN4O. The Balaban J connectivity index is 1.45. The molecule has 0 spiro atoms. The Morgan fingerprint density at radius 3 is 2.48 bits per heavy atom. The van der Waals surface area contributed by atoms with Gasteiger partial charge in [-0.1, -0.05) is 36.4 Å². The van der Waals surface area contributed by atoms with Gasteiger partial charge in [0.1, 0.15) is 11.6 Å². The van der Waals surface area contributed by atoms with Gasteiger partial charge in [-0.3, -0.25) is 4.79 Å². The quantitative estimate of drug-likeness (QED) is 0.425. The van der Waals surface area contributed by atoms with Gasteiger partial charge >= 0.3 is 0 Å². The number of nitrogens with one attached hydrogen (secondary N) is 2. The molecule has 1 heterocycles. The highest BCUT2D eigenvalue weighted by Gasteiger charge is 2.07. The summed E-state index contributed by atoms with van der Waals surface area (Å²) in [6.07, 6.45) is 1.46. The zero-order chi connectivity index (χ0) is 18.6. The van der Waals surface area contributed by atoms with Gasteiger partial charge in [-0.05, 0) is 42.0 Å². The summed E-state index contributed by atoms with van der Waals surface area (Å²) in [6, 6.07) is 20.7. The lowest BCUT2D eigenvalue weighted by Gasteiger charge is -2.01. The minimum absolute atomic E-state index is 0.319. The van der Waals surface area contributed by atoms with Gasteiger partial charge in [0, 0.05) is 11.1 Å². The third-order valence-electron chi connectivity index (χ3n) is 4.06. The first-order valence-electron chi connectivity index (χ1n) is 8.33. The molecule has 5 nitrogen and oxygen atoms in total. The van der Waals surface area contributed by atoms with E-state index in [-0.39, 0.29) is 11.7 Å². The third kappa shape index (κ3) is 3.74. The molecule has 27 heavy (non-hydrogen) atoms. The lowest BCUT2D eigenvalue weighted by atomic mass is 10.1. The molecule has 0 saturated carbocycles. The summed E-state index contributed by atoms with van der Waals surface area (Å²) in [5, 5.41) is 3.89. The van der Waals surface area contributed by atoms with Crippen molar-refractivity contribution in [3.8, 4) is 11.4 Å². The maximum absolute atomic E-state index is 12.9. The van der Waals surface area contributed by atoms with Gasteiger partial charge in [0.05, 0.1) is 17.2 Å². The lowest BCUT2D eigenvalue weighted by Crippen LogP contribution is -2.17. The fourth-order valence-corrected chi connectivity index (χ4v) is 2.65. The Labute approximate surface area is 154 Å². The van der Waals surface area contributed by atoms with E-state index in [1.165, 1.54) is 18.3 Å². The summed E-state index contributed by atoms with van der Waals surface area (Å²) in [4.78, 5) is 20.0. The van der Waals surface area contributed by atoms with Crippen molar-refractivity contribution in [3.05, 3.63) is 89.7 Å². The topological polar surface area (TPSA) is 70.1 Å². The zero-order valence-electron chi connectivity index (χ0n) is 14.2. The number of amides is 1. The highest BCUT2D eigenvalue weighted by Crippen LogP contribution is 2.20. The average molecular weight is 358 g/mol. The standard InChI is InChI=1S/C21H15FN4O/c22-17-11-5-14(6-12-17)13-23-26-21(27)16-9-7-15(8-10-16)20-24-18-3-1-2-4-19(18)25-20/h1-13H,(H,24,25)(H,26,27)/b23-13+. The number of carbonyl (C=O) groups excluding carboxylic acids is 1. The SMILES string of the molecule is O=C(N/N=C/c1ccc(F)cc1)c1ccc(-c2nc3ccccc3[nH]2)cc1. The minimum atomic E-state index is -0.329. The summed E-state index contributed by atoms with van der Waals surface area (Å²) in [7, 11) is 0. The predicted molar refractivity (Wildman–Crippen MR) is 103 cm³/mol. The molecule has 132 valence electrons. The number of aromatic nitrogens is 2. The second kappa shape index (κ2) is 7.21. The Hall–Kier alpha value is -3.80. The summed E-state index contributed by atoms with van der Waals surface area (Å²) in [5.41, 5.74) is 6.37. The number of imidazole rings is 1. The first-order valence-corrected chi connectivity index (χ1v) is 8.33. The maximum atomic E-state index is 12.9. The van der Waals surface area contributed by atoms with Crippen LogP contribution in [0.15, 0.2) is 77.9 Å². The average Bonchev–Trinajstić information content (AvgIpc) is 3.14. The van der Waals surface area contributed by atoms with Gasteiger partial charge in [-0.2, -0.15) is 5.10 Å². The largest absolute Gasteiger partial charge is 0.338 e. The fraction of sp³-hybridized carbons (Fsp3) is 0. The monoisotopic (exact) mass is 358 g/mol. The van der Waals surface area contributed by atoms with Crippen molar-refractivity contribution in [3.63, 3.8) is 0 Å². The summed E-state index contributed by atoms with van der Waals surface area (Å²) < 4.78 is 12.9. The smallest absolute Gasteiger partial charge is 0.271 e. The van der Waals surface area contributed by atoms with E-state index >= 15 is 0 Å². The molecule has 0 fully saturated rings. The van der Waals surface area contributed by atoms with Crippen molar-refractivity contribution >= 4 is 23.2 Å². The molecule has 0 aliphatic rings. The molecule has 6 heteroatoms. The molecule has 0 aliphatic heterocycles. The molecule has 0 saturated heterocycles. The van der Waals surface area contributed by atoms with Crippen molar-refractivity contribution in [2.75, 3.05) is 0 Å². The van der Waals surface area contributed by atoms with E-state index in [0.717, 1.165) is 22.4 Å². The van der Waals surface area contributed by atoms with Crippen molar-refractivity contribution in [1.82, 2.24) is 15.4 Å². The molecule has 4 aromatic rings. The van der Waals surface area contributed by atoms with E-state index < -0.39 is 0 Å². The highest BCUT2D eigenvalue weighted by molar-refractivity contribution is 5.95. The van der Waals surface area contributed by atoms with Crippen molar-refractivity contribution < 1.29 is 9.18 Å². The first kappa shape index (κ1) is 16.7. The molecule has 0 aliphatic carbocycles. The number of para-hydroxylation sites is 2. The Kier molecular flexibility index (Phi) is 4.45. The molecule has 0 atom stereocenters. The second-order valence-electron chi connectivity index (χ2n) is 5.93. The van der Waals surface area contributed by atoms with Crippen LogP contribution in [0, 0.1) is 5.82 Å². The Morgan fingerprint density at radius 2 is 1.74 bits per heavy atom. The number of hydrazone groups is 1. The molecule has 4 rings (SSSR count). The van der Waals surface area contributed by atoms with Gasteiger partial charge < -0.3 is 4.98 Å². The number of H-pyrrole nitrogens is 1. The number of halogens is 1. The van der Waals surface area contributed by atoms with Crippen LogP contribution in [0.1, 0.15) is 15.9 Å². The number of nitrogens with zero attached hydrogens (tertiary/aromatic N) is 2. The number of aromatic amines is 1. The highest BCUT2D eigenvalue weighted by atomic mass is 19.1. The van der Waals surface area contributed by atoms with Crippen LogP contribution in [0.3, 0.4) is 0 Å². The van der Waals surface area contributed by atoms with E-state index in [2.05, 4.69) is 20.5 Å². The van der Waals surface area contributed by atoms with Crippen LogP contribution < -0.4 is 5.43 Å². The second-order valence-corrected chi connectivity index (χ2v) is 5.93. The summed E-state index contributed by atoms with van der Waals surface area (Å²) >= 11 is 0. The van der Waals surface area contributed by atoms with Crippen LogP contribution >= 0.6 is 0 Å². The van der Waals surface area contributed by atoms with Crippen LogP contribution in [0.25, 0.3) is 22.4 Å². The number of hydrogen-bond acceptors (Lipinski definition) is 3. The predicted octanol–water partition coefficient (Wildman–Crippen LogP) is 4.13. The van der Waals surface area contributed by atoms with E-state index in [0.29, 0.717) is 11.1 Å². The molecule has 3 aromatic carbocycles. The molecule has 2 N–H and O–H groups in total. The van der Waals surface area contributed by atoms with E-state index in [4.69, 9.17) is 0 Å². The molecule has 0 unspecified atom stereocenters. The van der Waals surface area contributed by atoms with Gasteiger partial charge in [0.2, 0.25) is 0 Å². The fourth-order valence-electron chi connectivity index (χ4n) is 2.65. The van der Waals surface area contributed by atoms with E-state index in [1.54, 1.807) is 24.3 Å². The summed E-state index contributed by atoms with van der Waals surface area (Å²) in [6.45, 7) is 0. The minimum Gasteiger partial charge on any atom is -0.338 e. The molecule has 0 radical (unpaired) electrons. The molecule has 1 amide bonds. The lowest BCUT2D eigenvalue weighted by molar-refractivity contribution is 0.0955. The van der Waals surface area contributed by atoms with E-state index in [1.807, 2.05) is 36.4 Å². The van der Waals surface area contributed by atoms with Gasteiger partial charge in [0.25, 0.3) is 5.91 Å². The Bertz CT molecular complexity index is 1080. The molecule has 1 aromatic heterocycles. The number of benzene rings is 3. The first-order chi connectivity index (χ1) is 13.2. The van der Waals surface area contributed by atoms with Crippen LogP contribution in [0.5, 0.6) is 0 Å². The summed E-state index contributed by atoms with van der Waals surface area (Å²) in [5.74, 6) is 0.0998. The van der Waals surface area contributed by atoms with Crippen molar-refractivity contribution in [2.24, 2.45) is 5.10 Å². The van der Waals surface area contributed by atoms with Crippen molar-refractivity contribution in [1.29, 1.82) is 0 Å². The van der Waals surface area contributed by atoms with E-state index in [9.17, 15) is 9.18 Å². The Morgan fingerprint density at radius 1 is 1.00 bits per heavy atom. The van der Waals surface area contributed by atoms with Crippen LogP contribution in [0.4, 0.5) is 4.39 Å². The van der Waals surface area contributed by atoms with Gasteiger partial charge in [0.15, 0.2) is 0 Å². The normalized spacial score (nSPS) is 11.1. The van der Waals surface area contributed by atoms with Crippen LogP contribution in [-0.2, 0) is 0 Å². The number of rotatable bonds is 4. The third-order valence-corrected chi connectivity index (χ3v) is 4.06. The van der Waals surface area contributed by atoms with Crippen LogP contribution in [-0.4, -0.2) is 22.1 Å². The molecule has 0 bridgehead atoms. The number of carbonyl (C=O) groups is 1. The zero-order valence-corrected chi connectivity index (χ0v) is 14.2. The van der Waals surface area contributed by atoms with Crippen molar-refractivity contribution in [2.45, 2.75) is 0 Å². The molecular weight excluding hydrogens is 343 g/mol.